The van der Waals surface area contributed by atoms with E-state index in [0.717, 1.165) is 0 Å². The first-order chi connectivity index (χ1) is 1.41. The van der Waals surface area contributed by atoms with Crippen LogP contribution in [0.1, 0.15) is 0 Å². The van der Waals surface area contributed by atoms with Crippen LogP contribution in [0.4, 0.5) is 0 Å². The first-order valence-corrected chi connectivity index (χ1v) is 0.926. The van der Waals surface area contributed by atoms with Gasteiger partial charge in [-0.1, -0.05) is 0 Å². The normalized spacial score (nSPS) is 3.60. The summed E-state index contributed by atoms with van der Waals surface area (Å²) < 4.78 is 3.19. The molecule has 0 unspecified atom stereocenters. The van der Waals surface area contributed by atoms with Gasteiger partial charge in [-0.15, -0.1) is 0 Å². The molecule has 5 heavy (non-hydrogen) atoms. The van der Waals surface area contributed by atoms with Crippen molar-refractivity contribution in [3.05, 3.63) is 0 Å². The second-order valence-corrected chi connectivity index (χ2v) is 0.525. The Kier molecular flexibility index (Phi) is 51.4. The summed E-state index contributed by atoms with van der Waals surface area (Å²) >= 11 is 8.53. The molecule has 0 saturated carbocycles. The summed E-state index contributed by atoms with van der Waals surface area (Å²) in [6.07, 6.45) is 0. The van der Waals surface area contributed by atoms with E-state index in [4.69, 9.17) is 0 Å². The minimum atomic E-state index is 0. The molecular formula is Cl2MgOZr. The van der Waals surface area contributed by atoms with Gasteiger partial charge >= 0.3 is 0 Å². The largest absolute Gasteiger partial charge is 0.166 e. The molecule has 0 atom stereocenters. The van der Waals surface area contributed by atoms with Crippen LogP contribution >= 0.6 is 23.7 Å². The Hall–Kier alpha value is 2.19. The smallest absolute Gasteiger partial charge is 0.0832 e. The van der Waals surface area contributed by atoms with Crippen molar-refractivity contribution in [2.24, 2.45) is 0 Å². The molecule has 0 heterocycles. The predicted molar refractivity (Wildman–Crippen MR) is 18.5 cm³/mol. The van der Waals surface area contributed by atoms with E-state index in [1.807, 2.05) is 0 Å². The fraction of sp³-hybridized carbons (Fsp3) is 0. The average molecular weight is 202 g/mol. The maximum atomic E-state index is 4.26. The van der Waals surface area contributed by atoms with E-state index >= 15 is 0 Å². The van der Waals surface area contributed by atoms with Gasteiger partial charge in [0.1, 0.15) is 0 Å². The van der Waals surface area contributed by atoms with E-state index in [1.165, 1.54) is 0 Å². The van der Waals surface area contributed by atoms with Crippen molar-refractivity contribution in [3.63, 3.8) is 0 Å². The zero-order valence-corrected chi connectivity index (χ0v) is 7.76. The third-order valence-corrected chi connectivity index (χ3v) is 0. The number of halogens is 2. The van der Waals surface area contributed by atoms with Crippen LogP contribution < -0.4 is 0 Å². The van der Waals surface area contributed by atoms with Crippen molar-refractivity contribution >= 4 is 46.8 Å². The summed E-state index contributed by atoms with van der Waals surface area (Å²) in [7, 11) is 0. The molecule has 0 aromatic heterocycles. The summed E-state index contributed by atoms with van der Waals surface area (Å²) in [4.78, 5) is 0. The van der Waals surface area contributed by atoms with Gasteiger partial charge < -0.3 is 0 Å². The molecule has 0 aliphatic carbocycles. The molecule has 0 bridgehead atoms. The Labute approximate surface area is 76.0 Å². The molecule has 26 valence electrons. The van der Waals surface area contributed by atoms with E-state index in [-0.39, 0.29) is 49.3 Å². The number of hydrogen-bond donors (Lipinski definition) is 0. The minimum Gasteiger partial charge on any atom is -0.166 e. The molecular weight excluding hydrogens is 202 g/mol. The van der Waals surface area contributed by atoms with Crippen molar-refractivity contribution in [2.75, 3.05) is 0 Å². The molecule has 1 nitrogen and oxygen atoms in total. The van der Waals surface area contributed by atoms with Gasteiger partial charge in [-0.3, -0.25) is 0 Å². The van der Waals surface area contributed by atoms with Crippen LogP contribution in [0.5, 0.6) is 0 Å². The van der Waals surface area contributed by atoms with Crippen molar-refractivity contribution in [2.45, 2.75) is 0 Å². The summed E-state index contributed by atoms with van der Waals surface area (Å²) in [5, 5.41) is 0. The molecule has 0 rings (SSSR count). The second-order valence-electron chi connectivity index (χ2n) is 0.0583. The topological polar surface area (TPSA) is 9.23 Å². The molecule has 0 amide bonds. The van der Waals surface area contributed by atoms with Gasteiger partial charge in [0, 0.05) is 49.3 Å². The maximum absolute atomic E-state index is 4.26. The summed E-state index contributed by atoms with van der Waals surface area (Å²) in [6, 6.07) is 0. The number of hydrogen-bond acceptors (Lipinski definition) is 1. The van der Waals surface area contributed by atoms with Gasteiger partial charge in [-0.25, -0.2) is 0 Å². The van der Waals surface area contributed by atoms with Crippen LogP contribution in [-0.4, -0.2) is 23.1 Å². The summed E-state index contributed by atoms with van der Waals surface area (Å²) in [5.74, 6) is 0. The van der Waals surface area contributed by atoms with Gasteiger partial charge in [0.25, 0.3) is 0 Å². The SMILES string of the molecule is ClOCl.[Mg].[Zr]. The maximum Gasteiger partial charge on any atom is 0.0832 e. The monoisotopic (exact) mass is 200 g/mol. The standard InChI is InChI=1S/Cl2O.Mg.Zr/c1-3-2;;. The Morgan fingerprint density at radius 2 is 1.20 bits per heavy atom. The van der Waals surface area contributed by atoms with Gasteiger partial charge in [-0.05, 0) is 0 Å². The quantitative estimate of drug-likeness (QED) is 0.531. The van der Waals surface area contributed by atoms with Gasteiger partial charge in [0.15, 0.2) is 0 Å². The molecule has 0 aliphatic rings. The first kappa shape index (κ1) is 15.7. The Morgan fingerprint density at radius 1 is 1.20 bits per heavy atom. The Morgan fingerprint density at radius 3 is 1.20 bits per heavy atom. The van der Waals surface area contributed by atoms with E-state index in [9.17, 15) is 0 Å². The van der Waals surface area contributed by atoms with E-state index < -0.39 is 0 Å². The molecule has 0 saturated heterocycles. The molecule has 0 aromatic rings. The molecule has 0 aliphatic heterocycles. The van der Waals surface area contributed by atoms with Gasteiger partial charge in [0.05, 0.1) is 23.7 Å². The van der Waals surface area contributed by atoms with Crippen LogP contribution in [0.3, 0.4) is 0 Å². The van der Waals surface area contributed by atoms with Crippen molar-refractivity contribution in [3.8, 4) is 0 Å². The zero-order valence-electron chi connectivity index (χ0n) is 2.37. The van der Waals surface area contributed by atoms with Crippen molar-refractivity contribution < 1.29 is 30.0 Å². The zero-order chi connectivity index (χ0) is 2.71. The van der Waals surface area contributed by atoms with Crippen LogP contribution in [-0.2, 0) is 30.0 Å². The molecule has 2 radical (unpaired) electrons. The Balaban J connectivity index is -0.0000000200. The minimum absolute atomic E-state index is 0. The first-order valence-electron chi connectivity index (χ1n) is 0.309. The van der Waals surface area contributed by atoms with Crippen LogP contribution in [0.2, 0.25) is 0 Å². The molecule has 0 N–H and O–H groups in total. The van der Waals surface area contributed by atoms with Crippen molar-refractivity contribution in [1.82, 2.24) is 0 Å². The Bertz CT molecular complexity index is 9.61. The van der Waals surface area contributed by atoms with Crippen LogP contribution in [0, 0.1) is 0 Å². The predicted octanol–water partition coefficient (Wildman–Crippen LogP) is 0.927. The third-order valence-electron chi connectivity index (χ3n) is 0. The summed E-state index contributed by atoms with van der Waals surface area (Å²) in [6.45, 7) is 0. The van der Waals surface area contributed by atoms with E-state index in [1.54, 1.807) is 0 Å². The molecule has 5 heteroatoms. The third kappa shape index (κ3) is 22.7. The fourth-order valence-corrected chi connectivity index (χ4v) is 0. The fourth-order valence-electron chi connectivity index (χ4n) is 0. The second kappa shape index (κ2) is 16.4. The number of rotatable bonds is 0. The van der Waals surface area contributed by atoms with E-state index in [2.05, 4.69) is 27.6 Å². The molecule has 0 spiro atoms. The average Bonchev–Trinajstić information content (AvgIpc) is 0.918. The molecule has 0 aromatic carbocycles. The van der Waals surface area contributed by atoms with E-state index in [0.29, 0.717) is 0 Å². The van der Waals surface area contributed by atoms with Crippen LogP contribution in [0.15, 0.2) is 0 Å². The molecule has 0 fully saturated rings. The van der Waals surface area contributed by atoms with Crippen LogP contribution in [0.25, 0.3) is 0 Å². The van der Waals surface area contributed by atoms with Crippen molar-refractivity contribution in [1.29, 1.82) is 0 Å². The van der Waals surface area contributed by atoms with Gasteiger partial charge in [-0.2, -0.15) is 3.84 Å². The summed E-state index contributed by atoms with van der Waals surface area (Å²) in [5.41, 5.74) is 0. The van der Waals surface area contributed by atoms with Gasteiger partial charge in [0.2, 0.25) is 0 Å².